The first kappa shape index (κ1) is 13.8. The van der Waals surface area contributed by atoms with E-state index in [0.717, 1.165) is 12.1 Å². The fourth-order valence-electron chi connectivity index (χ4n) is 1.68. The first-order chi connectivity index (χ1) is 9.51. The average molecular weight is 278 g/mol. The van der Waals surface area contributed by atoms with E-state index in [4.69, 9.17) is 10.5 Å². The number of hydrogen-bond acceptors (Lipinski definition) is 3. The summed E-state index contributed by atoms with van der Waals surface area (Å²) in [6.45, 7) is 0. The highest BCUT2D eigenvalue weighted by molar-refractivity contribution is 6.06. The molecule has 0 heterocycles. The maximum absolute atomic E-state index is 13.5. The van der Waals surface area contributed by atoms with Gasteiger partial charge in [-0.3, -0.25) is 4.79 Å². The van der Waals surface area contributed by atoms with Gasteiger partial charge in [0.2, 0.25) is 0 Å². The van der Waals surface area contributed by atoms with Gasteiger partial charge >= 0.3 is 0 Å². The zero-order valence-corrected chi connectivity index (χ0v) is 10.6. The van der Waals surface area contributed by atoms with Crippen molar-refractivity contribution in [2.45, 2.75) is 0 Å². The smallest absolute Gasteiger partial charge is 0.259 e. The number of ether oxygens (including phenoxy) is 1. The first-order valence-electron chi connectivity index (χ1n) is 5.71. The molecule has 0 aromatic heterocycles. The Morgan fingerprint density at radius 1 is 1.20 bits per heavy atom. The summed E-state index contributed by atoms with van der Waals surface area (Å²) >= 11 is 0. The minimum atomic E-state index is -0.860. The second-order valence-corrected chi connectivity index (χ2v) is 4.04. The highest BCUT2D eigenvalue weighted by Crippen LogP contribution is 2.23. The summed E-state index contributed by atoms with van der Waals surface area (Å²) in [4.78, 5) is 12.1. The standard InChI is InChI=1S/C14H12F2N2O2/c1-20-13-5-3-9(17)7-10(13)14(19)18-12-4-2-8(15)6-11(12)16/h2-7H,17H2,1H3,(H,18,19). The van der Waals surface area contributed by atoms with E-state index in [9.17, 15) is 13.6 Å². The van der Waals surface area contributed by atoms with Crippen LogP contribution in [0.25, 0.3) is 0 Å². The summed E-state index contributed by atoms with van der Waals surface area (Å²) in [5.74, 6) is -1.87. The predicted octanol–water partition coefficient (Wildman–Crippen LogP) is 2.81. The molecule has 2 rings (SSSR count). The second-order valence-electron chi connectivity index (χ2n) is 4.04. The number of nitrogens with two attached hydrogens (primary N) is 1. The van der Waals surface area contributed by atoms with E-state index in [2.05, 4.69) is 5.32 Å². The van der Waals surface area contributed by atoms with E-state index < -0.39 is 17.5 Å². The quantitative estimate of drug-likeness (QED) is 0.848. The fraction of sp³-hybridized carbons (Fsp3) is 0.0714. The number of nitrogen functional groups attached to an aromatic ring is 1. The Morgan fingerprint density at radius 3 is 2.60 bits per heavy atom. The number of anilines is 2. The molecule has 0 aliphatic rings. The molecule has 4 nitrogen and oxygen atoms in total. The van der Waals surface area contributed by atoms with E-state index >= 15 is 0 Å². The molecule has 104 valence electrons. The van der Waals surface area contributed by atoms with Gasteiger partial charge in [0.15, 0.2) is 0 Å². The summed E-state index contributed by atoms with van der Waals surface area (Å²) < 4.78 is 31.3. The van der Waals surface area contributed by atoms with Crippen LogP contribution in [0.5, 0.6) is 5.75 Å². The lowest BCUT2D eigenvalue weighted by Crippen LogP contribution is -2.14. The molecule has 0 saturated heterocycles. The Morgan fingerprint density at radius 2 is 1.95 bits per heavy atom. The Bertz CT molecular complexity index is 660. The summed E-state index contributed by atoms with van der Waals surface area (Å²) in [5.41, 5.74) is 6.01. The average Bonchev–Trinajstić information content (AvgIpc) is 2.41. The third kappa shape index (κ3) is 2.85. The fourth-order valence-corrected chi connectivity index (χ4v) is 1.68. The third-order valence-corrected chi connectivity index (χ3v) is 2.65. The molecule has 0 saturated carbocycles. The molecule has 0 fully saturated rings. The molecule has 2 aromatic rings. The third-order valence-electron chi connectivity index (χ3n) is 2.65. The molecule has 1 amide bonds. The Hall–Kier alpha value is -2.63. The van der Waals surface area contributed by atoms with Gasteiger partial charge in [-0.2, -0.15) is 0 Å². The molecule has 0 unspecified atom stereocenters. The molecule has 0 atom stereocenters. The normalized spacial score (nSPS) is 10.2. The number of nitrogens with one attached hydrogen (secondary N) is 1. The highest BCUT2D eigenvalue weighted by Gasteiger charge is 2.15. The van der Waals surface area contributed by atoms with Crippen LogP contribution in [0.3, 0.4) is 0 Å². The first-order valence-corrected chi connectivity index (χ1v) is 5.71. The molecule has 0 spiro atoms. The number of rotatable bonds is 3. The van der Waals surface area contributed by atoms with Crippen LogP contribution in [-0.2, 0) is 0 Å². The number of benzene rings is 2. The lowest BCUT2D eigenvalue weighted by Gasteiger charge is -2.10. The molecule has 20 heavy (non-hydrogen) atoms. The van der Waals surface area contributed by atoms with Crippen LogP contribution >= 0.6 is 0 Å². The number of carbonyl (C=O) groups is 1. The van der Waals surface area contributed by atoms with Crippen molar-refractivity contribution in [3.8, 4) is 5.75 Å². The predicted molar refractivity (Wildman–Crippen MR) is 71.7 cm³/mol. The van der Waals surface area contributed by atoms with Crippen LogP contribution in [0.15, 0.2) is 36.4 Å². The summed E-state index contributed by atoms with van der Waals surface area (Å²) in [5, 5.41) is 2.34. The van der Waals surface area contributed by atoms with Crippen molar-refractivity contribution in [1.82, 2.24) is 0 Å². The number of amides is 1. The van der Waals surface area contributed by atoms with Gasteiger partial charge in [0.1, 0.15) is 17.4 Å². The van der Waals surface area contributed by atoms with E-state index in [0.29, 0.717) is 17.5 Å². The number of carbonyl (C=O) groups excluding carboxylic acids is 1. The Labute approximate surface area is 114 Å². The van der Waals surface area contributed by atoms with Gasteiger partial charge in [0.25, 0.3) is 5.91 Å². The Balaban J connectivity index is 2.30. The van der Waals surface area contributed by atoms with Gasteiger partial charge in [-0.05, 0) is 30.3 Å². The minimum absolute atomic E-state index is 0.124. The number of hydrogen-bond donors (Lipinski definition) is 2. The van der Waals surface area contributed by atoms with Gasteiger partial charge in [0.05, 0.1) is 18.4 Å². The molecular formula is C14H12F2N2O2. The van der Waals surface area contributed by atoms with E-state index in [1.54, 1.807) is 6.07 Å². The van der Waals surface area contributed by atoms with E-state index in [-0.39, 0.29) is 11.3 Å². The van der Waals surface area contributed by atoms with E-state index in [1.165, 1.54) is 19.2 Å². The van der Waals surface area contributed by atoms with Crippen molar-refractivity contribution in [3.05, 3.63) is 53.6 Å². The maximum atomic E-state index is 13.5. The number of methoxy groups -OCH3 is 1. The molecule has 0 aliphatic carbocycles. The molecule has 0 radical (unpaired) electrons. The maximum Gasteiger partial charge on any atom is 0.259 e. The van der Waals surface area contributed by atoms with Crippen molar-refractivity contribution < 1.29 is 18.3 Å². The van der Waals surface area contributed by atoms with Crippen LogP contribution in [-0.4, -0.2) is 13.0 Å². The largest absolute Gasteiger partial charge is 0.496 e. The second kappa shape index (κ2) is 5.56. The van der Waals surface area contributed by atoms with Crippen molar-refractivity contribution in [2.75, 3.05) is 18.2 Å². The minimum Gasteiger partial charge on any atom is -0.496 e. The topological polar surface area (TPSA) is 64.3 Å². The van der Waals surface area contributed by atoms with Gasteiger partial charge < -0.3 is 15.8 Å². The SMILES string of the molecule is COc1ccc(N)cc1C(=O)Nc1ccc(F)cc1F. The summed E-state index contributed by atoms with van der Waals surface area (Å²) in [6, 6.07) is 7.40. The van der Waals surface area contributed by atoms with Crippen molar-refractivity contribution >= 4 is 17.3 Å². The van der Waals surface area contributed by atoms with Crippen LogP contribution in [0.2, 0.25) is 0 Å². The zero-order valence-electron chi connectivity index (χ0n) is 10.6. The monoisotopic (exact) mass is 278 g/mol. The van der Waals surface area contributed by atoms with Crippen molar-refractivity contribution in [2.24, 2.45) is 0 Å². The van der Waals surface area contributed by atoms with Crippen LogP contribution < -0.4 is 15.8 Å². The number of halogens is 2. The van der Waals surface area contributed by atoms with E-state index in [1.807, 2.05) is 0 Å². The molecule has 6 heteroatoms. The van der Waals surface area contributed by atoms with Gasteiger partial charge in [0, 0.05) is 11.8 Å². The molecular weight excluding hydrogens is 266 g/mol. The summed E-state index contributed by atoms with van der Waals surface area (Å²) in [7, 11) is 1.40. The zero-order chi connectivity index (χ0) is 14.7. The van der Waals surface area contributed by atoms with Crippen molar-refractivity contribution in [3.63, 3.8) is 0 Å². The van der Waals surface area contributed by atoms with Crippen LogP contribution in [0, 0.1) is 11.6 Å². The van der Waals surface area contributed by atoms with Gasteiger partial charge in [-0.25, -0.2) is 8.78 Å². The lowest BCUT2D eigenvalue weighted by molar-refractivity contribution is 0.102. The van der Waals surface area contributed by atoms with Gasteiger partial charge in [-0.1, -0.05) is 0 Å². The lowest BCUT2D eigenvalue weighted by atomic mass is 10.1. The summed E-state index contributed by atoms with van der Waals surface area (Å²) in [6.07, 6.45) is 0. The van der Waals surface area contributed by atoms with Crippen LogP contribution in [0.4, 0.5) is 20.2 Å². The van der Waals surface area contributed by atoms with Gasteiger partial charge in [-0.15, -0.1) is 0 Å². The Kier molecular flexibility index (Phi) is 3.84. The van der Waals surface area contributed by atoms with Crippen LogP contribution in [0.1, 0.15) is 10.4 Å². The van der Waals surface area contributed by atoms with Crippen molar-refractivity contribution in [1.29, 1.82) is 0 Å². The molecule has 0 aliphatic heterocycles. The highest BCUT2D eigenvalue weighted by atomic mass is 19.1. The molecule has 0 bridgehead atoms. The molecule has 3 N–H and O–H groups in total. The molecule has 2 aromatic carbocycles.